The summed E-state index contributed by atoms with van der Waals surface area (Å²) in [6.45, 7) is 8.81. The van der Waals surface area contributed by atoms with Crippen molar-refractivity contribution in [3.8, 4) is 0 Å². The molecular weight excluding hydrogens is 338 g/mol. The Kier molecular flexibility index (Phi) is 6.40. The number of nitrogens with zero attached hydrogens (tertiary/aromatic N) is 2. The molecule has 1 atom stereocenters. The van der Waals surface area contributed by atoms with Gasteiger partial charge in [-0.25, -0.2) is 0 Å². The van der Waals surface area contributed by atoms with E-state index in [-0.39, 0.29) is 17.7 Å². The molecule has 1 heterocycles. The van der Waals surface area contributed by atoms with Gasteiger partial charge in [0.25, 0.3) is 0 Å². The third-order valence-corrected chi connectivity index (χ3v) is 6.14. The van der Waals surface area contributed by atoms with Crippen molar-refractivity contribution in [1.82, 2.24) is 4.90 Å². The minimum absolute atomic E-state index is 0.0275. The van der Waals surface area contributed by atoms with Gasteiger partial charge in [-0.1, -0.05) is 19.3 Å². The molecule has 2 fully saturated rings. The van der Waals surface area contributed by atoms with E-state index in [1.165, 1.54) is 24.9 Å². The SMILES string of the molecule is CCN(CC)c1ccc(NC(=O)C2CC(=O)N(C3CCCCC3)C2)c(C)c1. The van der Waals surface area contributed by atoms with Crippen LogP contribution in [0.15, 0.2) is 18.2 Å². The van der Waals surface area contributed by atoms with E-state index in [9.17, 15) is 9.59 Å². The summed E-state index contributed by atoms with van der Waals surface area (Å²) >= 11 is 0. The number of anilines is 2. The lowest BCUT2D eigenvalue weighted by Crippen LogP contribution is -2.38. The Morgan fingerprint density at radius 3 is 2.52 bits per heavy atom. The Labute approximate surface area is 163 Å². The maximum absolute atomic E-state index is 12.8. The van der Waals surface area contributed by atoms with Gasteiger partial charge in [0.2, 0.25) is 11.8 Å². The van der Waals surface area contributed by atoms with Crippen LogP contribution in [0.2, 0.25) is 0 Å². The van der Waals surface area contributed by atoms with Gasteiger partial charge in [-0.05, 0) is 57.4 Å². The van der Waals surface area contributed by atoms with E-state index in [0.29, 0.717) is 19.0 Å². The molecule has 5 nitrogen and oxygen atoms in total. The van der Waals surface area contributed by atoms with Crippen LogP contribution in [0.3, 0.4) is 0 Å². The predicted molar refractivity (Wildman–Crippen MR) is 110 cm³/mol. The Hall–Kier alpha value is -2.04. The summed E-state index contributed by atoms with van der Waals surface area (Å²) in [5, 5.41) is 3.06. The van der Waals surface area contributed by atoms with Crippen LogP contribution >= 0.6 is 0 Å². The molecule has 1 saturated carbocycles. The van der Waals surface area contributed by atoms with Crippen molar-refractivity contribution in [3.63, 3.8) is 0 Å². The van der Waals surface area contributed by atoms with Crippen LogP contribution < -0.4 is 10.2 Å². The van der Waals surface area contributed by atoms with Crippen LogP contribution in [-0.2, 0) is 9.59 Å². The maximum Gasteiger partial charge on any atom is 0.229 e. The summed E-state index contributed by atoms with van der Waals surface area (Å²) in [5.41, 5.74) is 3.08. The lowest BCUT2D eigenvalue weighted by molar-refractivity contribution is -0.130. The van der Waals surface area contributed by atoms with E-state index in [2.05, 4.69) is 36.2 Å². The fraction of sp³-hybridized carbons (Fsp3) is 0.636. The Morgan fingerprint density at radius 2 is 1.89 bits per heavy atom. The van der Waals surface area contributed by atoms with Gasteiger partial charge in [-0.15, -0.1) is 0 Å². The first-order valence-corrected chi connectivity index (χ1v) is 10.5. The molecule has 1 aromatic carbocycles. The van der Waals surface area contributed by atoms with Crippen molar-refractivity contribution < 1.29 is 9.59 Å². The van der Waals surface area contributed by atoms with Crippen molar-refractivity contribution in [2.75, 3.05) is 29.9 Å². The largest absolute Gasteiger partial charge is 0.372 e. The number of hydrogen-bond acceptors (Lipinski definition) is 3. The lowest BCUT2D eigenvalue weighted by Gasteiger charge is -2.31. The van der Waals surface area contributed by atoms with Gasteiger partial charge in [0.1, 0.15) is 0 Å². The number of rotatable bonds is 6. The van der Waals surface area contributed by atoms with Gasteiger partial charge in [-0.2, -0.15) is 0 Å². The molecule has 2 amide bonds. The second kappa shape index (κ2) is 8.77. The van der Waals surface area contributed by atoms with Gasteiger partial charge in [-0.3, -0.25) is 9.59 Å². The van der Waals surface area contributed by atoms with Crippen LogP contribution in [0, 0.1) is 12.8 Å². The maximum atomic E-state index is 12.8. The van der Waals surface area contributed by atoms with Gasteiger partial charge in [0.05, 0.1) is 5.92 Å². The third kappa shape index (κ3) is 4.45. The first-order valence-electron chi connectivity index (χ1n) is 10.5. The highest BCUT2D eigenvalue weighted by Gasteiger charge is 2.38. The summed E-state index contributed by atoms with van der Waals surface area (Å²) in [6, 6.07) is 6.51. The molecular formula is C22H33N3O2. The fourth-order valence-corrected chi connectivity index (χ4v) is 4.46. The minimum atomic E-state index is -0.235. The van der Waals surface area contributed by atoms with Gasteiger partial charge >= 0.3 is 0 Å². The van der Waals surface area contributed by atoms with Crippen LogP contribution in [0.1, 0.15) is 57.9 Å². The van der Waals surface area contributed by atoms with E-state index in [4.69, 9.17) is 0 Å². The second-order valence-corrected chi connectivity index (χ2v) is 7.90. The minimum Gasteiger partial charge on any atom is -0.372 e. The molecule has 1 N–H and O–H groups in total. The third-order valence-electron chi connectivity index (χ3n) is 6.14. The Morgan fingerprint density at radius 1 is 1.19 bits per heavy atom. The topological polar surface area (TPSA) is 52.7 Å². The number of benzene rings is 1. The molecule has 27 heavy (non-hydrogen) atoms. The summed E-state index contributed by atoms with van der Waals surface area (Å²) in [5.74, 6) is -0.114. The number of carbonyl (C=O) groups is 2. The highest BCUT2D eigenvalue weighted by Crippen LogP contribution is 2.30. The number of aryl methyl sites for hydroxylation is 1. The molecule has 3 rings (SSSR count). The van der Waals surface area contributed by atoms with Crippen molar-refractivity contribution in [3.05, 3.63) is 23.8 Å². The molecule has 1 unspecified atom stereocenters. The molecule has 1 aliphatic heterocycles. The average molecular weight is 372 g/mol. The quantitative estimate of drug-likeness (QED) is 0.823. The molecule has 1 aliphatic carbocycles. The van der Waals surface area contributed by atoms with Crippen molar-refractivity contribution in [2.45, 2.75) is 65.3 Å². The van der Waals surface area contributed by atoms with E-state index < -0.39 is 0 Å². The Balaban J connectivity index is 1.63. The zero-order valence-corrected chi connectivity index (χ0v) is 17.0. The number of amides is 2. The molecule has 0 radical (unpaired) electrons. The smallest absolute Gasteiger partial charge is 0.229 e. The summed E-state index contributed by atoms with van der Waals surface area (Å²) in [7, 11) is 0. The van der Waals surface area contributed by atoms with Crippen molar-refractivity contribution in [2.24, 2.45) is 5.92 Å². The first-order chi connectivity index (χ1) is 13.0. The molecule has 5 heteroatoms. The molecule has 148 valence electrons. The number of hydrogen-bond donors (Lipinski definition) is 1. The molecule has 0 bridgehead atoms. The molecule has 2 aliphatic rings. The van der Waals surface area contributed by atoms with Crippen LogP contribution in [0.5, 0.6) is 0 Å². The number of carbonyl (C=O) groups excluding carboxylic acids is 2. The number of nitrogens with one attached hydrogen (secondary N) is 1. The van der Waals surface area contributed by atoms with E-state index in [0.717, 1.165) is 37.2 Å². The van der Waals surface area contributed by atoms with E-state index >= 15 is 0 Å². The predicted octanol–water partition coefficient (Wildman–Crippen LogP) is 3.96. The average Bonchev–Trinajstić information content (AvgIpc) is 3.07. The highest BCUT2D eigenvalue weighted by atomic mass is 16.2. The molecule has 1 aromatic rings. The fourth-order valence-electron chi connectivity index (χ4n) is 4.46. The zero-order valence-electron chi connectivity index (χ0n) is 17.0. The highest BCUT2D eigenvalue weighted by molar-refractivity contribution is 5.97. The van der Waals surface area contributed by atoms with Crippen molar-refractivity contribution >= 4 is 23.2 Å². The normalized spacial score (nSPS) is 20.8. The van der Waals surface area contributed by atoms with Crippen LogP contribution in [-0.4, -0.2) is 42.4 Å². The monoisotopic (exact) mass is 371 g/mol. The lowest BCUT2D eigenvalue weighted by atomic mass is 9.94. The van der Waals surface area contributed by atoms with E-state index in [1.807, 2.05) is 17.9 Å². The number of likely N-dealkylation sites (tertiary alicyclic amines) is 1. The molecule has 0 spiro atoms. The van der Waals surface area contributed by atoms with Crippen molar-refractivity contribution in [1.29, 1.82) is 0 Å². The van der Waals surface area contributed by atoms with E-state index in [1.54, 1.807) is 0 Å². The zero-order chi connectivity index (χ0) is 19.4. The van der Waals surface area contributed by atoms with Gasteiger partial charge in [0, 0.05) is 43.5 Å². The standard InChI is InChI=1S/C22H33N3O2/c1-4-24(5-2)19-11-12-20(16(3)13-19)23-22(27)17-14-21(26)25(15-17)18-9-7-6-8-10-18/h11-13,17-18H,4-10,14-15H2,1-3H3,(H,23,27). The summed E-state index contributed by atoms with van der Waals surface area (Å²) < 4.78 is 0. The van der Waals surface area contributed by atoms with Crippen LogP contribution in [0.25, 0.3) is 0 Å². The first kappa shape index (κ1) is 19.7. The van der Waals surface area contributed by atoms with Crippen LogP contribution in [0.4, 0.5) is 11.4 Å². The summed E-state index contributed by atoms with van der Waals surface area (Å²) in [4.78, 5) is 29.5. The molecule has 0 aromatic heterocycles. The summed E-state index contributed by atoms with van der Waals surface area (Å²) in [6.07, 6.45) is 6.19. The second-order valence-electron chi connectivity index (χ2n) is 7.90. The Bertz CT molecular complexity index is 678. The van der Waals surface area contributed by atoms with Gasteiger partial charge in [0.15, 0.2) is 0 Å². The van der Waals surface area contributed by atoms with Gasteiger partial charge < -0.3 is 15.1 Å². The molecule has 1 saturated heterocycles.